The van der Waals surface area contributed by atoms with Crippen molar-refractivity contribution >= 4 is 11.9 Å². The Hall–Kier alpha value is -1.32. The summed E-state index contributed by atoms with van der Waals surface area (Å²) in [7, 11) is 0. The van der Waals surface area contributed by atoms with Crippen LogP contribution in [0.3, 0.4) is 0 Å². The first kappa shape index (κ1) is 8.79. The van der Waals surface area contributed by atoms with Crippen LogP contribution >= 0.6 is 0 Å². The summed E-state index contributed by atoms with van der Waals surface area (Å²) in [5.41, 5.74) is 0. The van der Waals surface area contributed by atoms with Gasteiger partial charge in [0.2, 0.25) is 0 Å². The van der Waals surface area contributed by atoms with Gasteiger partial charge in [0.05, 0.1) is 5.92 Å². The van der Waals surface area contributed by atoms with Gasteiger partial charge in [-0.3, -0.25) is 9.59 Å². The summed E-state index contributed by atoms with van der Waals surface area (Å²) in [6.45, 7) is 1.41. The number of carbonyl (C=O) groups is 2. The summed E-state index contributed by atoms with van der Waals surface area (Å²) in [6, 6.07) is 0. The highest BCUT2D eigenvalue weighted by molar-refractivity contribution is 5.79. The van der Waals surface area contributed by atoms with Crippen LogP contribution in [-0.2, 0) is 19.1 Å². The lowest BCUT2D eigenvalue weighted by molar-refractivity contribution is -0.163. The molecule has 16 heavy (non-hydrogen) atoms. The molecular weight excluding hydrogens is 208 g/mol. The van der Waals surface area contributed by atoms with Crippen molar-refractivity contribution in [2.45, 2.75) is 19.1 Å². The van der Waals surface area contributed by atoms with Crippen LogP contribution in [0.15, 0.2) is 12.2 Å². The summed E-state index contributed by atoms with van der Waals surface area (Å²) in [6.07, 6.45) is 3.79. The van der Waals surface area contributed by atoms with Crippen molar-refractivity contribution in [1.29, 1.82) is 0 Å². The average Bonchev–Trinajstić information content (AvgIpc) is 2.69. The summed E-state index contributed by atoms with van der Waals surface area (Å²) < 4.78 is 10.7. The SMILES string of the molecule is CC(=O)O[C@@H]1[C@H]2C=C[C@H]3[C@H]4C(=O)O[C@@H]1[C@H]4[C@@H]23. The Bertz CT molecular complexity index is 427. The standard InChI is InChI=1S/C12H12O4/c1-4(13)15-10-6-3-2-5-7(6)9-8(5)12(14)16-11(9)10/h2-3,5-11H,1H3/t5-,6+,7-,8-,9+,10-,11-/m1/s1. The van der Waals surface area contributed by atoms with E-state index >= 15 is 0 Å². The molecule has 1 heterocycles. The Morgan fingerprint density at radius 2 is 2.06 bits per heavy atom. The molecule has 1 aliphatic heterocycles. The lowest BCUT2D eigenvalue weighted by atomic mass is 9.59. The number of ether oxygens (including phenoxy) is 2. The van der Waals surface area contributed by atoms with Gasteiger partial charge in [0, 0.05) is 18.8 Å². The molecule has 0 bridgehead atoms. The molecule has 7 atom stereocenters. The molecule has 0 spiro atoms. The highest BCUT2D eigenvalue weighted by Gasteiger charge is 2.73. The van der Waals surface area contributed by atoms with Crippen molar-refractivity contribution in [3.63, 3.8) is 0 Å². The second-order valence-corrected chi connectivity index (χ2v) is 5.20. The van der Waals surface area contributed by atoms with E-state index in [9.17, 15) is 9.59 Å². The molecule has 84 valence electrons. The van der Waals surface area contributed by atoms with Crippen molar-refractivity contribution in [3.05, 3.63) is 12.2 Å². The molecule has 1 saturated heterocycles. The number of hydrogen-bond donors (Lipinski definition) is 0. The largest absolute Gasteiger partial charge is 0.458 e. The van der Waals surface area contributed by atoms with Crippen molar-refractivity contribution < 1.29 is 19.1 Å². The molecule has 0 unspecified atom stereocenters. The second kappa shape index (κ2) is 2.50. The second-order valence-electron chi connectivity index (χ2n) is 5.20. The zero-order valence-electron chi connectivity index (χ0n) is 8.83. The van der Waals surface area contributed by atoms with Crippen LogP contribution in [-0.4, -0.2) is 24.1 Å². The zero-order chi connectivity index (χ0) is 11.0. The Balaban J connectivity index is 1.73. The van der Waals surface area contributed by atoms with E-state index in [1.54, 1.807) is 0 Å². The minimum atomic E-state index is -0.289. The molecule has 0 N–H and O–H groups in total. The average molecular weight is 220 g/mol. The summed E-state index contributed by atoms with van der Waals surface area (Å²) in [5.74, 6) is 1.03. The van der Waals surface area contributed by atoms with Gasteiger partial charge in [-0.1, -0.05) is 12.2 Å². The summed E-state index contributed by atoms with van der Waals surface area (Å²) >= 11 is 0. The molecule has 4 rings (SSSR count). The number of esters is 2. The van der Waals surface area contributed by atoms with E-state index < -0.39 is 0 Å². The maximum atomic E-state index is 11.6. The minimum Gasteiger partial charge on any atom is -0.458 e. The lowest BCUT2D eigenvalue weighted by Gasteiger charge is -2.40. The number of allylic oxidation sites excluding steroid dienone is 1. The fraction of sp³-hybridized carbons (Fsp3) is 0.667. The number of fused-ring (bicyclic) bond motifs is 1. The number of rotatable bonds is 1. The van der Waals surface area contributed by atoms with Crippen LogP contribution < -0.4 is 0 Å². The Morgan fingerprint density at radius 1 is 1.31 bits per heavy atom. The minimum absolute atomic E-state index is 0.0387. The molecule has 3 fully saturated rings. The molecule has 3 aliphatic carbocycles. The number of hydrogen-bond acceptors (Lipinski definition) is 4. The molecule has 4 aliphatic rings. The third kappa shape index (κ3) is 0.761. The predicted molar refractivity (Wildman–Crippen MR) is 52.0 cm³/mol. The van der Waals surface area contributed by atoms with Gasteiger partial charge >= 0.3 is 11.9 Å². The first-order valence-corrected chi connectivity index (χ1v) is 5.74. The van der Waals surface area contributed by atoms with E-state index in [2.05, 4.69) is 12.2 Å². The molecule has 2 saturated carbocycles. The molecule has 4 nitrogen and oxygen atoms in total. The Kier molecular flexibility index (Phi) is 1.37. The van der Waals surface area contributed by atoms with Gasteiger partial charge in [-0.15, -0.1) is 0 Å². The number of carbonyl (C=O) groups excluding carboxylic acids is 2. The van der Waals surface area contributed by atoms with Gasteiger partial charge in [0.15, 0.2) is 0 Å². The molecule has 4 heteroatoms. The smallest absolute Gasteiger partial charge is 0.310 e. The highest BCUT2D eigenvalue weighted by Crippen LogP contribution is 2.66. The third-order valence-corrected chi connectivity index (χ3v) is 4.63. The fourth-order valence-electron chi connectivity index (χ4n) is 4.19. The summed E-state index contributed by atoms with van der Waals surface area (Å²) in [5, 5.41) is 0. The molecule has 0 aromatic carbocycles. The van der Waals surface area contributed by atoms with Crippen LogP contribution in [0.5, 0.6) is 0 Å². The maximum Gasteiger partial charge on any atom is 0.310 e. The van der Waals surface area contributed by atoms with Crippen molar-refractivity contribution in [1.82, 2.24) is 0 Å². The van der Waals surface area contributed by atoms with E-state index in [1.165, 1.54) is 6.92 Å². The third-order valence-electron chi connectivity index (χ3n) is 4.63. The van der Waals surface area contributed by atoms with Crippen LogP contribution in [0, 0.1) is 29.6 Å². The van der Waals surface area contributed by atoms with Gasteiger partial charge in [-0.2, -0.15) is 0 Å². The van der Waals surface area contributed by atoms with E-state index in [-0.39, 0.29) is 36.0 Å². The van der Waals surface area contributed by atoms with Crippen LogP contribution in [0.2, 0.25) is 0 Å². The Labute approximate surface area is 92.6 Å². The maximum absolute atomic E-state index is 11.6. The monoisotopic (exact) mass is 220 g/mol. The zero-order valence-corrected chi connectivity index (χ0v) is 8.83. The van der Waals surface area contributed by atoms with Gasteiger partial charge in [0.1, 0.15) is 12.2 Å². The van der Waals surface area contributed by atoms with Crippen LogP contribution in [0.4, 0.5) is 0 Å². The topological polar surface area (TPSA) is 52.6 Å². The molecule has 0 radical (unpaired) electrons. The van der Waals surface area contributed by atoms with Crippen molar-refractivity contribution in [3.8, 4) is 0 Å². The Morgan fingerprint density at radius 3 is 2.81 bits per heavy atom. The highest BCUT2D eigenvalue weighted by atomic mass is 16.6. The van der Waals surface area contributed by atoms with Crippen LogP contribution in [0.1, 0.15) is 6.92 Å². The van der Waals surface area contributed by atoms with Gasteiger partial charge in [-0.05, 0) is 11.8 Å². The predicted octanol–water partition coefficient (Wildman–Crippen LogP) is 0.521. The lowest BCUT2D eigenvalue weighted by Crippen LogP contribution is -2.44. The van der Waals surface area contributed by atoms with Crippen LogP contribution in [0.25, 0.3) is 0 Å². The first-order valence-electron chi connectivity index (χ1n) is 5.74. The van der Waals surface area contributed by atoms with E-state index in [1.807, 2.05) is 0 Å². The van der Waals surface area contributed by atoms with Gasteiger partial charge < -0.3 is 9.47 Å². The molecule has 0 amide bonds. The molecule has 0 aromatic heterocycles. The fourth-order valence-corrected chi connectivity index (χ4v) is 4.19. The van der Waals surface area contributed by atoms with Gasteiger partial charge in [0.25, 0.3) is 0 Å². The van der Waals surface area contributed by atoms with E-state index in [4.69, 9.17) is 9.47 Å². The van der Waals surface area contributed by atoms with E-state index in [0.717, 1.165) is 0 Å². The van der Waals surface area contributed by atoms with Crippen molar-refractivity contribution in [2.75, 3.05) is 0 Å². The molecule has 0 aromatic rings. The molecular formula is C12H12O4. The normalized spacial score (nSPS) is 54.6. The van der Waals surface area contributed by atoms with Gasteiger partial charge in [-0.25, -0.2) is 0 Å². The first-order chi connectivity index (χ1) is 7.68. The van der Waals surface area contributed by atoms with E-state index in [0.29, 0.717) is 17.8 Å². The van der Waals surface area contributed by atoms with Crippen molar-refractivity contribution in [2.24, 2.45) is 29.6 Å². The summed E-state index contributed by atoms with van der Waals surface area (Å²) in [4.78, 5) is 22.7. The quantitative estimate of drug-likeness (QED) is 0.477.